The van der Waals surface area contributed by atoms with Gasteiger partial charge in [-0.15, -0.1) is 12.6 Å². The van der Waals surface area contributed by atoms with E-state index in [1.165, 1.54) is 28.7 Å². The molecule has 0 bridgehead atoms. The predicted octanol–water partition coefficient (Wildman–Crippen LogP) is 4.10. The number of aromatic amines is 1. The minimum absolute atomic E-state index is 0.0235. The van der Waals surface area contributed by atoms with Gasteiger partial charge in [-0.2, -0.15) is 30.6 Å². The molecule has 1 unspecified atom stereocenters. The number of anilines is 1. The van der Waals surface area contributed by atoms with Crippen LogP contribution in [0.5, 0.6) is 0 Å². The highest BCUT2D eigenvalue weighted by Crippen LogP contribution is 2.50. The third-order valence-electron chi connectivity index (χ3n) is 6.68. The highest BCUT2D eigenvalue weighted by molar-refractivity contribution is 7.90. The summed E-state index contributed by atoms with van der Waals surface area (Å²) < 4.78 is 108. The Bertz CT molecular complexity index is 1510. The van der Waals surface area contributed by atoms with Crippen molar-refractivity contribution >= 4 is 28.3 Å². The monoisotopic (exact) mass is 607 g/mol. The van der Waals surface area contributed by atoms with Crippen molar-refractivity contribution in [2.75, 3.05) is 24.5 Å². The molecule has 216 valence electrons. The Balaban J connectivity index is 1.70. The van der Waals surface area contributed by atoms with E-state index >= 15 is 0 Å². The molecule has 1 aromatic heterocycles. The van der Waals surface area contributed by atoms with Crippen molar-refractivity contribution in [1.82, 2.24) is 9.29 Å². The van der Waals surface area contributed by atoms with E-state index in [0.29, 0.717) is 17.7 Å². The van der Waals surface area contributed by atoms with Crippen molar-refractivity contribution in [2.24, 2.45) is 0 Å². The second kappa shape index (κ2) is 10.8. The van der Waals surface area contributed by atoms with Crippen molar-refractivity contribution in [2.45, 2.75) is 40.2 Å². The summed E-state index contributed by atoms with van der Waals surface area (Å²) in [5.41, 5.74) is -6.15. The van der Waals surface area contributed by atoms with Crippen molar-refractivity contribution in [3.05, 3.63) is 88.3 Å². The Kier molecular flexibility index (Phi) is 8.06. The van der Waals surface area contributed by atoms with Crippen molar-refractivity contribution < 1.29 is 39.9 Å². The fourth-order valence-electron chi connectivity index (χ4n) is 4.64. The number of aromatic nitrogens is 1. The highest BCUT2D eigenvalue weighted by Gasteiger charge is 2.71. The number of pyridine rings is 1. The highest BCUT2D eigenvalue weighted by atomic mass is 32.2. The molecule has 15 heteroatoms. The van der Waals surface area contributed by atoms with Gasteiger partial charge in [0.1, 0.15) is 0 Å². The fourth-order valence-corrected chi connectivity index (χ4v) is 6.70. The minimum Gasteiger partial charge on any atom is -0.369 e. The fraction of sp³-hybridized carbons (Fsp3) is 0.320. The average Bonchev–Trinajstić information content (AvgIpc) is 2.87. The molecule has 1 aliphatic heterocycles. The number of aliphatic hydroxyl groups is 1. The summed E-state index contributed by atoms with van der Waals surface area (Å²) in [6.07, 6.45) is -10.5. The minimum atomic E-state index is -6.03. The number of nitrogens with one attached hydrogen (secondary N) is 1. The zero-order valence-corrected chi connectivity index (χ0v) is 22.2. The SMILES string of the molecule is O=c1cc(CC2CN(S(=O)(=O)c3ccccc3S)CCN2c2ccc(C(O)(C(F)(F)F)C(F)(F)F)cc2)cc[nH]1. The summed E-state index contributed by atoms with van der Waals surface area (Å²) in [5.74, 6) is 0. The summed E-state index contributed by atoms with van der Waals surface area (Å²) in [4.78, 5) is 16.1. The van der Waals surface area contributed by atoms with Gasteiger partial charge in [0.15, 0.2) is 0 Å². The van der Waals surface area contributed by atoms with E-state index in [-0.39, 0.29) is 41.5 Å². The van der Waals surface area contributed by atoms with Crippen LogP contribution in [0.4, 0.5) is 32.0 Å². The predicted molar refractivity (Wildman–Crippen MR) is 137 cm³/mol. The molecule has 1 fully saturated rings. The number of rotatable bonds is 6. The van der Waals surface area contributed by atoms with Crippen LogP contribution in [0, 0.1) is 0 Å². The topological polar surface area (TPSA) is 93.7 Å². The van der Waals surface area contributed by atoms with E-state index in [2.05, 4.69) is 17.6 Å². The molecule has 0 aliphatic carbocycles. The molecule has 2 heterocycles. The van der Waals surface area contributed by atoms with E-state index in [1.54, 1.807) is 23.1 Å². The van der Waals surface area contributed by atoms with Gasteiger partial charge in [-0.1, -0.05) is 24.3 Å². The number of H-pyrrole nitrogens is 1. The number of nitrogens with zero attached hydrogens (tertiary/aromatic N) is 2. The number of benzene rings is 2. The molecule has 3 aromatic rings. The average molecular weight is 608 g/mol. The first kappa shape index (κ1) is 30.0. The molecule has 1 aliphatic rings. The molecule has 0 spiro atoms. The summed E-state index contributed by atoms with van der Waals surface area (Å²) in [7, 11) is -4.01. The lowest BCUT2D eigenvalue weighted by Crippen LogP contribution is -2.56. The summed E-state index contributed by atoms with van der Waals surface area (Å²) >= 11 is 4.24. The van der Waals surface area contributed by atoms with Crippen LogP contribution in [-0.4, -0.2) is 60.8 Å². The number of hydrogen-bond donors (Lipinski definition) is 3. The lowest BCUT2D eigenvalue weighted by atomic mass is 9.92. The van der Waals surface area contributed by atoms with Crippen molar-refractivity contribution in [3.8, 4) is 0 Å². The summed E-state index contributed by atoms with van der Waals surface area (Å²) in [6.45, 7) is -0.120. The van der Waals surface area contributed by atoms with Gasteiger partial charge in [-0.3, -0.25) is 4.79 Å². The van der Waals surface area contributed by atoms with E-state index in [1.807, 2.05) is 0 Å². The lowest BCUT2D eigenvalue weighted by Gasteiger charge is -2.42. The van der Waals surface area contributed by atoms with Gasteiger partial charge >= 0.3 is 12.4 Å². The van der Waals surface area contributed by atoms with E-state index < -0.39 is 45.1 Å². The van der Waals surface area contributed by atoms with Crippen LogP contribution in [-0.2, 0) is 22.0 Å². The van der Waals surface area contributed by atoms with Crippen molar-refractivity contribution in [1.29, 1.82) is 0 Å². The first-order chi connectivity index (χ1) is 18.6. The van der Waals surface area contributed by atoms with Crippen molar-refractivity contribution in [3.63, 3.8) is 0 Å². The van der Waals surface area contributed by atoms with Gasteiger partial charge in [0.2, 0.25) is 15.6 Å². The molecule has 0 radical (unpaired) electrons. The number of hydrogen-bond acceptors (Lipinski definition) is 6. The van der Waals surface area contributed by atoms with E-state index in [4.69, 9.17) is 0 Å². The van der Waals surface area contributed by atoms with Gasteiger partial charge in [0.05, 0.1) is 4.90 Å². The smallest absolute Gasteiger partial charge is 0.369 e. The van der Waals surface area contributed by atoms with Crippen LogP contribution in [0.1, 0.15) is 11.1 Å². The van der Waals surface area contributed by atoms with Gasteiger partial charge in [-0.25, -0.2) is 8.42 Å². The van der Waals surface area contributed by atoms with Crippen LogP contribution in [0.25, 0.3) is 0 Å². The Labute approximate surface area is 230 Å². The van der Waals surface area contributed by atoms with Gasteiger partial charge in [0, 0.05) is 54.1 Å². The maximum Gasteiger partial charge on any atom is 0.430 e. The van der Waals surface area contributed by atoms with Crippen LogP contribution in [0.2, 0.25) is 0 Å². The van der Waals surface area contributed by atoms with E-state index in [9.17, 15) is 44.7 Å². The maximum atomic E-state index is 13.4. The number of piperazine rings is 1. The Morgan fingerprint density at radius 3 is 2.15 bits per heavy atom. The largest absolute Gasteiger partial charge is 0.430 e. The molecule has 1 saturated heterocycles. The quantitative estimate of drug-likeness (QED) is 0.290. The second-order valence-corrected chi connectivity index (χ2v) is 11.6. The zero-order valence-electron chi connectivity index (χ0n) is 20.4. The molecule has 2 N–H and O–H groups in total. The Morgan fingerprint density at radius 2 is 1.57 bits per heavy atom. The first-order valence-electron chi connectivity index (χ1n) is 11.7. The molecule has 1 atom stereocenters. The zero-order chi connectivity index (χ0) is 29.5. The molecule has 7 nitrogen and oxygen atoms in total. The van der Waals surface area contributed by atoms with Crippen LogP contribution in [0.3, 0.4) is 0 Å². The molecule has 4 rings (SSSR count). The first-order valence-corrected chi connectivity index (χ1v) is 13.6. The molecule has 40 heavy (non-hydrogen) atoms. The third kappa shape index (κ3) is 5.60. The summed E-state index contributed by atoms with van der Waals surface area (Å²) in [6, 6.07) is 11.4. The third-order valence-corrected chi connectivity index (χ3v) is 9.14. The Hall–Kier alpha value is -3.01. The number of halogens is 6. The van der Waals surface area contributed by atoms with Gasteiger partial charge < -0.3 is 15.0 Å². The summed E-state index contributed by atoms with van der Waals surface area (Å²) in [5, 5.41) is 9.71. The van der Waals surface area contributed by atoms with Gasteiger partial charge in [0.25, 0.3) is 5.60 Å². The number of sulfonamides is 1. The molecule has 0 amide bonds. The molecular weight excluding hydrogens is 584 g/mol. The molecule has 0 saturated carbocycles. The molecular formula is C25H23F6N3O4S2. The van der Waals surface area contributed by atoms with Crippen LogP contribution in [0.15, 0.2) is 81.4 Å². The normalized spacial score (nSPS) is 17.7. The second-order valence-electron chi connectivity index (χ2n) is 9.20. The van der Waals surface area contributed by atoms with E-state index in [0.717, 1.165) is 12.1 Å². The van der Waals surface area contributed by atoms with Crippen LogP contribution < -0.4 is 10.5 Å². The lowest BCUT2D eigenvalue weighted by molar-refractivity contribution is -0.376. The number of thiol groups is 1. The standard InChI is InChI=1S/C25H23F6N3O4S2/c26-24(27,28)23(36,25(29,30)31)17-5-7-18(8-6-17)34-12-11-33(40(37,38)21-4-2-1-3-20(21)39)15-19(34)13-16-9-10-32-22(35)14-16/h1-10,14,19,36,39H,11-13,15H2,(H,32,35). The number of alkyl halides is 6. The Morgan fingerprint density at radius 1 is 0.950 bits per heavy atom. The molecule has 2 aromatic carbocycles. The van der Waals surface area contributed by atoms with Crippen LogP contribution >= 0.6 is 12.6 Å². The van der Waals surface area contributed by atoms with Gasteiger partial charge in [-0.05, 0) is 42.3 Å². The maximum absolute atomic E-state index is 13.4.